The van der Waals surface area contributed by atoms with E-state index in [2.05, 4.69) is 62.4 Å². The van der Waals surface area contributed by atoms with Gasteiger partial charge in [-0.25, -0.2) is 4.39 Å². The second-order valence-electron chi connectivity index (χ2n) is 7.69. The van der Waals surface area contributed by atoms with Gasteiger partial charge in [-0.05, 0) is 42.0 Å². The van der Waals surface area contributed by atoms with Gasteiger partial charge in [0.05, 0.1) is 5.41 Å². The normalized spacial score (nSPS) is 21.9. The molecule has 0 amide bonds. The minimum Gasteiger partial charge on any atom is -0.211 e. The molecule has 2 unspecified atom stereocenters. The van der Waals surface area contributed by atoms with Crippen LogP contribution in [0.5, 0.6) is 0 Å². The third-order valence-corrected chi connectivity index (χ3v) is 5.71. The summed E-state index contributed by atoms with van der Waals surface area (Å²) in [7, 11) is 0. The summed E-state index contributed by atoms with van der Waals surface area (Å²) < 4.78 is 15.5. The molecule has 0 spiro atoms. The van der Waals surface area contributed by atoms with E-state index in [1.807, 2.05) is 18.2 Å². The smallest absolute Gasteiger partial charge is 0.111 e. The van der Waals surface area contributed by atoms with E-state index in [1.165, 1.54) is 24.8 Å². The van der Waals surface area contributed by atoms with Crippen molar-refractivity contribution >= 4 is 0 Å². The lowest BCUT2D eigenvalue weighted by Gasteiger charge is -2.34. The first-order valence-corrected chi connectivity index (χ1v) is 10.4. The van der Waals surface area contributed by atoms with Crippen molar-refractivity contribution in [1.29, 1.82) is 0 Å². The molecule has 0 bridgehead atoms. The van der Waals surface area contributed by atoms with Gasteiger partial charge in [-0.15, -0.1) is 0 Å². The van der Waals surface area contributed by atoms with Crippen LogP contribution in [0.15, 0.2) is 78.7 Å². The molecule has 0 fully saturated rings. The molecule has 142 valence electrons. The van der Waals surface area contributed by atoms with Gasteiger partial charge >= 0.3 is 0 Å². The standard InChI is InChI=1S/C26H31F/c1-3-5-7-10-21-13-15-24(16-14-21)26(18-4-2)19-17-23(20-25(26)27)22-11-8-6-9-12-22/h6,8-9,11-17,19-20,23H,3-5,7,10,18H2,1-2H3. The SMILES string of the molecule is CCCCCc1ccc(C2(CCC)C=CC(c3ccccc3)C=C2F)cc1. The fraction of sp³-hybridized carbons (Fsp3) is 0.385. The Morgan fingerprint density at radius 3 is 2.26 bits per heavy atom. The first kappa shape index (κ1) is 19.6. The first-order chi connectivity index (χ1) is 13.2. The van der Waals surface area contributed by atoms with Crippen LogP contribution in [0.25, 0.3) is 0 Å². The number of hydrogen-bond donors (Lipinski definition) is 0. The van der Waals surface area contributed by atoms with Crippen molar-refractivity contribution in [2.45, 2.75) is 63.7 Å². The van der Waals surface area contributed by atoms with E-state index >= 15 is 4.39 Å². The van der Waals surface area contributed by atoms with Crippen molar-refractivity contribution in [3.63, 3.8) is 0 Å². The Balaban J connectivity index is 1.85. The van der Waals surface area contributed by atoms with Gasteiger partial charge in [0.1, 0.15) is 5.83 Å². The minimum absolute atomic E-state index is 0.0144. The molecule has 0 heterocycles. The lowest BCUT2D eigenvalue weighted by atomic mass is 9.71. The lowest BCUT2D eigenvalue weighted by Crippen LogP contribution is -2.27. The van der Waals surface area contributed by atoms with E-state index in [1.54, 1.807) is 6.08 Å². The fourth-order valence-electron chi connectivity index (χ4n) is 4.12. The van der Waals surface area contributed by atoms with E-state index < -0.39 is 5.41 Å². The fourth-order valence-corrected chi connectivity index (χ4v) is 4.12. The predicted octanol–water partition coefficient (Wildman–Crippen LogP) is 7.66. The molecule has 3 rings (SSSR count). The first-order valence-electron chi connectivity index (χ1n) is 10.4. The highest BCUT2D eigenvalue weighted by molar-refractivity contribution is 5.46. The molecule has 0 N–H and O–H groups in total. The monoisotopic (exact) mass is 362 g/mol. The molecule has 1 aliphatic carbocycles. The highest BCUT2D eigenvalue weighted by atomic mass is 19.1. The van der Waals surface area contributed by atoms with Crippen molar-refractivity contribution in [2.24, 2.45) is 0 Å². The van der Waals surface area contributed by atoms with Crippen LogP contribution in [-0.4, -0.2) is 0 Å². The third kappa shape index (κ3) is 4.40. The van der Waals surface area contributed by atoms with Gasteiger partial charge < -0.3 is 0 Å². The van der Waals surface area contributed by atoms with Crippen LogP contribution >= 0.6 is 0 Å². The largest absolute Gasteiger partial charge is 0.211 e. The summed E-state index contributed by atoms with van der Waals surface area (Å²) in [6, 6.07) is 18.8. The van der Waals surface area contributed by atoms with E-state index in [9.17, 15) is 0 Å². The van der Waals surface area contributed by atoms with Gasteiger partial charge in [-0.2, -0.15) is 0 Å². The average molecular weight is 363 g/mol. The number of allylic oxidation sites excluding steroid dienone is 4. The Morgan fingerprint density at radius 1 is 0.889 bits per heavy atom. The zero-order chi connectivity index (χ0) is 19.1. The van der Waals surface area contributed by atoms with E-state index in [4.69, 9.17) is 0 Å². The highest BCUT2D eigenvalue weighted by Gasteiger charge is 2.36. The zero-order valence-corrected chi connectivity index (χ0v) is 16.6. The summed E-state index contributed by atoms with van der Waals surface area (Å²) >= 11 is 0. The molecular formula is C26H31F. The van der Waals surface area contributed by atoms with Crippen molar-refractivity contribution < 1.29 is 4.39 Å². The average Bonchev–Trinajstić information content (AvgIpc) is 2.71. The molecule has 0 aromatic heterocycles. The van der Waals surface area contributed by atoms with Crippen LogP contribution in [0.2, 0.25) is 0 Å². The third-order valence-electron chi connectivity index (χ3n) is 5.71. The number of aryl methyl sites for hydroxylation is 1. The molecule has 2 aromatic rings. The molecule has 0 aliphatic heterocycles. The molecule has 2 aromatic carbocycles. The summed E-state index contributed by atoms with van der Waals surface area (Å²) in [5.41, 5.74) is 2.95. The van der Waals surface area contributed by atoms with Crippen LogP contribution in [0.3, 0.4) is 0 Å². The van der Waals surface area contributed by atoms with Crippen LogP contribution < -0.4 is 0 Å². The molecule has 1 heteroatoms. The Labute approximate surface area is 163 Å². The van der Waals surface area contributed by atoms with Gasteiger partial charge in [-0.1, -0.05) is 99.9 Å². The summed E-state index contributed by atoms with van der Waals surface area (Å²) in [5.74, 6) is 0.00364. The van der Waals surface area contributed by atoms with Crippen LogP contribution in [0, 0.1) is 0 Å². The van der Waals surface area contributed by atoms with Crippen LogP contribution in [-0.2, 0) is 11.8 Å². The van der Waals surface area contributed by atoms with E-state index in [0.29, 0.717) is 0 Å². The lowest BCUT2D eigenvalue weighted by molar-refractivity contribution is 0.425. The van der Waals surface area contributed by atoms with Gasteiger partial charge in [0.15, 0.2) is 0 Å². The Kier molecular flexibility index (Phi) is 6.66. The summed E-state index contributed by atoms with van der Waals surface area (Å²) in [4.78, 5) is 0. The topological polar surface area (TPSA) is 0 Å². The molecule has 1 aliphatic rings. The molecule has 0 radical (unpaired) electrons. The molecule has 0 nitrogen and oxygen atoms in total. The molecular weight excluding hydrogens is 331 g/mol. The number of benzene rings is 2. The van der Waals surface area contributed by atoms with Gasteiger partial charge in [0, 0.05) is 5.92 Å². The maximum atomic E-state index is 15.5. The van der Waals surface area contributed by atoms with Crippen molar-refractivity contribution in [3.05, 3.63) is 95.3 Å². The Hall–Kier alpha value is -2.15. The minimum atomic E-state index is -0.609. The van der Waals surface area contributed by atoms with Crippen LogP contribution in [0.4, 0.5) is 4.39 Å². The van der Waals surface area contributed by atoms with Crippen molar-refractivity contribution in [2.75, 3.05) is 0 Å². The number of hydrogen-bond acceptors (Lipinski definition) is 0. The quantitative estimate of drug-likeness (QED) is 0.334. The molecule has 0 saturated carbocycles. The second kappa shape index (κ2) is 9.17. The molecule has 2 atom stereocenters. The van der Waals surface area contributed by atoms with Gasteiger partial charge in [-0.3, -0.25) is 0 Å². The van der Waals surface area contributed by atoms with E-state index in [0.717, 1.165) is 30.4 Å². The second-order valence-corrected chi connectivity index (χ2v) is 7.69. The summed E-state index contributed by atoms with van der Waals surface area (Å²) in [6.07, 6.45) is 12.7. The highest BCUT2D eigenvalue weighted by Crippen LogP contribution is 2.44. The maximum Gasteiger partial charge on any atom is 0.111 e. The summed E-state index contributed by atoms with van der Waals surface area (Å²) in [6.45, 7) is 4.36. The Bertz CT molecular complexity index is 770. The van der Waals surface area contributed by atoms with Gasteiger partial charge in [0.25, 0.3) is 0 Å². The maximum absolute atomic E-state index is 15.5. The number of unbranched alkanes of at least 4 members (excludes halogenated alkanes) is 2. The molecule has 27 heavy (non-hydrogen) atoms. The molecule has 0 saturated heterocycles. The number of rotatable bonds is 8. The van der Waals surface area contributed by atoms with Crippen molar-refractivity contribution in [1.82, 2.24) is 0 Å². The zero-order valence-electron chi connectivity index (χ0n) is 16.6. The summed E-state index contributed by atoms with van der Waals surface area (Å²) in [5, 5.41) is 0. The van der Waals surface area contributed by atoms with E-state index in [-0.39, 0.29) is 11.7 Å². The van der Waals surface area contributed by atoms with Crippen molar-refractivity contribution in [3.8, 4) is 0 Å². The van der Waals surface area contributed by atoms with Gasteiger partial charge in [0.2, 0.25) is 0 Å². The number of halogens is 1. The Morgan fingerprint density at radius 2 is 1.63 bits per heavy atom. The van der Waals surface area contributed by atoms with Crippen LogP contribution in [0.1, 0.15) is 68.6 Å². The predicted molar refractivity (Wildman–Crippen MR) is 114 cm³/mol.